The van der Waals surface area contributed by atoms with Gasteiger partial charge >= 0.3 is 0 Å². The van der Waals surface area contributed by atoms with Crippen LogP contribution < -0.4 is 0 Å². The topological polar surface area (TPSA) is 17.1 Å². The van der Waals surface area contributed by atoms with Crippen LogP contribution in [-0.4, -0.2) is 5.78 Å². The smallest absolute Gasteiger partial charge is 0.137 e. The van der Waals surface area contributed by atoms with Gasteiger partial charge in [-0.2, -0.15) is 0 Å². The Hall–Kier alpha value is -1.11. The van der Waals surface area contributed by atoms with Crippen molar-refractivity contribution in [2.75, 3.05) is 0 Å². The summed E-state index contributed by atoms with van der Waals surface area (Å²) >= 11 is 0. The molecule has 18 heavy (non-hydrogen) atoms. The molecule has 0 heterocycles. The highest BCUT2D eigenvalue weighted by Gasteiger charge is 2.26. The van der Waals surface area contributed by atoms with E-state index in [4.69, 9.17) is 0 Å². The molecule has 0 amide bonds. The van der Waals surface area contributed by atoms with Gasteiger partial charge in [0.15, 0.2) is 0 Å². The van der Waals surface area contributed by atoms with Crippen molar-refractivity contribution in [3.63, 3.8) is 0 Å². The molecule has 0 aliphatic heterocycles. The van der Waals surface area contributed by atoms with Gasteiger partial charge in [-0.05, 0) is 55.2 Å². The predicted octanol–water partition coefficient (Wildman–Crippen LogP) is 4.60. The number of rotatable bonds is 6. The molecule has 1 atom stereocenters. The van der Waals surface area contributed by atoms with Crippen LogP contribution >= 0.6 is 0 Å². The van der Waals surface area contributed by atoms with E-state index in [1.807, 2.05) is 0 Å². The average molecular weight is 244 g/mol. The summed E-state index contributed by atoms with van der Waals surface area (Å²) < 4.78 is 0. The number of ketones is 1. The number of benzene rings is 1. The van der Waals surface area contributed by atoms with Gasteiger partial charge in [-0.3, -0.25) is 4.79 Å². The zero-order valence-electron chi connectivity index (χ0n) is 11.8. The Balaban J connectivity index is 2.32. The van der Waals surface area contributed by atoms with Crippen molar-refractivity contribution < 1.29 is 4.79 Å². The molecule has 1 aromatic rings. The fraction of sp³-hybridized carbons (Fsp3) is 0.588. The van der Waals surface area contributed by atoms with E-state index in [1.54, 1.807) is 12.5 Å². The largest absolute Gasteiger partial charge is 0.299 e. The Kier molecular flexibility index (Phi) is 4.21. The van der Waals surface area contributed by atoms with Gasteiger partial charge in [-0.25, -0.2) is 0 Å². The summed E-state index contributed by atoms with van der Waals surface area (Å²) in [7, 11) is 0. The second kappa shape index (κ2) is 5.69. The Bertz CT molecular complexity index is 429. The summed E-state index contributed by atoms with van der Waals surface area (Å²) in [6.45, 7) is 6.04. The van der Waals surface area contributed by atoms with Gasteiger partial charge in [0.25, 0.3) is 0 Å². The average Bonchev–Trinajstić information content (AvgIpc) is 3.14. The summed E-state index contributed by atoms with van der Waals surface area (Å²) in [6, 6.07) is 6.76. The van der Waals surface area contributed by atoms with Crippen molar-refractivity contribution in [2.24, 2.45) is 0 Å². The third-order valence-corrected chi connectivity index (χ3v) is 4.00. The van der Waals surface area contributed by atoms with E-state index < -0.39 is 0 Å². The van der Waals surface area contributed by atoms with Gasteiger partial charge in [0.05, 0.1) is 0 Å². The SMILES string of the molecule is CCCc1cc(C(CC)C(C)=O)ccc1C1CC1. The highest BCUT2D eigenvalue weighted by Crippen LogP contribution is 2.42. The summed E-state index contributed by atoms with van der Waals surface area (Å²) in [5, 5.41) is 0. The lowest BCUT2D eigenvalue weighted by Crippen LogP contribution is -2.08. The van der Waals surface area contributed by atoms with Crippen molar-refractivity contribution in [2.45, 2.75) is 64.7 Å². The molecule has 0 bridgehead atoms. The molecular formula is C17H24O. The maximum Gasteiger partial charge on any atom is 0.137 e. The van der Waals surface area contributed by atoms with E-state index >= 15 is 0 Å². The number of Topliss-reactive ketones (excluding diaryl/α,β-unsaturated/α-hetero) is 1. The molecule has 0 aromatic heterocycles. The Morgan fingerprint density at radius 1 is 1.33 bits per heavy atom. The lowest BCUT2D eigenvalue weighted by Gasteiger charge is -2.16. The third kappa shape index (κ3) is 2.82. The third-order valence-electron chi connectivity index (χ3n) is 4.00. The van der Waals surface area contributed by atoms with Crippen LogP contribution in [0.3, 0.4) is 0 Å². The van der Waals surface area contributed by atoms with Gasteiger partial charge in [-0.15, -0.1) is 0 Å². The summed E-state index contributed by atoms with van der Waals surface area (Å²) in [4.78, 5) is 11.7. The zero-order valence-corrected chi connectivity index (χ0v) is 11.8. The van der Waals surface area contributed by atoms with E-state index in [0.29, 0.717) is 5.78 Å². The molecule has 0 saturated heterocycles. The minimum absolute atomic E-state index is 0.0915. The monoisotopic (exact) mass is 244 g/mol. The first-order valence-electron chi connectivity index (χ1n) is 7.30. The van der Waals surface area contributed by atoms with Gasteiger partial charge < -0.3 is 0 Å². The number of hydrogen-bond donors (Lipinski definition) is 0. The van der Waals surface area contributed by atoms with Crippen LogP contribution in [0.25, 0.3) is 0 Å². The van der Waals surface area contributed by atoms with Gasteiger partial charge in [0.2, 0.25) is 0 Å². The molecule has 1 unspecified atom stereocenters. The van der Waals surface area contributed by atoms with Crippen molar-refractivity contribution in [1.82, 2.24) is 0 Å². The highest BCUT2D eigenvalue weighted by molar-refractivity contribution is 5.83. The molecule has 0 radical (unpaired) electrons. The van der Waals surface area contributed by atoms with Crippen molar-refractivity contribution in [3.05, 3.63) is 34.9 Å². The van der Waals surface area contributed by atoms with Crippen LogP contribution in [0.5, 0.6) is 0 Å². The van der Waals surface area contributed by atoms with E-state index in [1.165, 1.54) is 30.4 Å². The van der Waals surface area contributed by atoms with E-state index in [0.717, 1.165) is 18.8 Å². The molecular weight excluding hydrogens is 220 g/mol. The van der Waals surface area contributed by atoms with Crippen LogP contribution in [0.1, 0.15) is 75.0 Å². The van der Waals surface area contributed by atoms with E-state index in [9.17, 15) is 4.79 Å². The number of aryl methyl sites for hydroxylation is 1. The molecule has 1 fully saturated rings. The minimum Gasteiger partial charge on any atom is -0.299 e. The fourth-order valence-electron chi connectivity index (χ4n) is 2.88. The van der Waals surface area contributed by atoms with Gasteiger partial charge in [0.1, 0.15) is 5.78 Å². The summed E-state index contributed by atoms with van der Waals surface area (Å²) in [6.07, 6.45) is 5.93. The lowest BCUT2D eigenvalue weighted by atomic mass is 9.88. The van der Waals surface area contributed by atoms with Crippen molar-refractivity contribution in [3.8, 4) is 0 Å². The molecule has 1 aliphatic rings. The second-order valence-corrected chi connectivity index (χ2v) is 5.55. The predicted molar refractivity (Wildman–Crippen MR) is 76.1 cm³/mol. The Labute approximate surface area is 111 Å². The molecule has 98 valence electrons. The molecule has 2 rings (SSSR count). The Morgan fingerprint density at radius 2 is 2.06 bits per heavy atom. The van der Waals surface area contributed by atoms with Crippen LogP contribution in [0, 0.1) is 0 Å². The Morgan fingerprint density at radius 3 is 2.56 bits per heavy atom. The molecule has 0 spiro atoms. The molecule has 1 heteroatoms. The highest BCUT2D eigenvalue weighted by atomic mass is 16.1. The van der Waals surface area contributed by atoms with Crippen LogP contribution in [0.15, 0.2) is 18.2 Å². The zero-order chi connectivity index (χ0) is 13.1. The van der Waals surface area contributed by atoms with Crippen LogP contribution in [-0.2, 0) is 11.2 Å². The first kappa shape index (κ1) is 13.3. The first-order chi connectivity index (χ1) is 8.67. The number of carbonyl (C=O) groups is 1. The minimum atomic E-state index is 0.0915. The lowest BCUT2D eigenvalue weighted by molar-refractivity contribution is -0.118. The summed E-state index contributed by atoms with van der Waals surface area (Å²) in [5.74, 6) is 1.19. The molecule has 1 nitrogen and oxygen atoms in total. The molecule has 1 aliphatic carbocycles. The standard InChI is InChI=1S/C17H24O/c1-4-6-14-11-15(16(5-2)12(3)18)9-10-17(14)13-7-8-13/h9-11,13,16H,4-8H2,1-3H3. The van der Waals surface area contributed by atoms with Crippen molar-refractivity contribution in [1.29, 1.82) is 0 Å². The van der Waals surface area contributed by atoms with Gasteiger partial charge in [0, 0.05) is 5.92 Å². The van der Waals surface area contributed by atoms with Crippen LogP contribution in [0.2, 0.25) is 0 Å². The number of hydrogen-bond acceptors (Lipinski definition) is 1. The van der Waals surface area contributed by atoms with Gasteiger partial charge in [-0.1, -0.05) is 38.5 Å². The molecule has 1 saturated carbocycles. The fourth-order valence-corrected chi connectivity index (χ4v) is 2.88. The molecule has 1 aromatic carbocycles. The maximum atomic E-state index is 11.7. The number of carbonyl (C=O) groups excluding carboxylic acids is 1. The molecule has 0 N–H and O–H groups in total. The van der Waals surface area contributed by atoms with Crippen LogP contribution in [0.4, 0.5) is 0 Å². The second-order valence-electron chi connectivity index (χ2n) is 5.55. The summed E-state index contributed by atoms with van der Waals surface area (Å²) in [5.41, 5.74) is 4.24. The maximum absolute atomic E-state index is 11.7. The normalized spacial score (nSPS) is 16.6. The first-order valence-corrected chi connectivity index (χ1v) is 7.30. The van der Waals surface area contributed by atoms with E-state index in [2.05, 4.69) is 32.0 Å². The van der Waals surface area contributed by atoms with E-state index in [-0.39, 0.29) is 5.92 Å². The van der Waals surface area contributed by atoms with Crippen molar-refractivity contribution >= 4 is 5.78 Å². The quantitative estimate of drug-likeness (QED) is 0.714.